The summed E-state index contributed by atoms with van der Waals surface area (Å²) in [6.45, 7) is 4.28. The van der Waals surface area contributed by atoms with Crippen molar-refractivity contribution in [1.29, 1.82) is 0 Å². The van der Waals surface area contributed by atoms with Crippen molar-refractivity contribution < 1.29 is 4.79 Å². The number of hydrogen-bond donors (Lipinski definition) is 1. The van der Waals surface area contributed by atoms with Gasteiger partial charge in [-0.25, -0.2) is 9.78 Å². The zero-order chi connectivity index (χ0) is 16.8. The van der Waals surface area contributed by atoms with Gasteiger partial charge in [-0.1, -0.05) is 41.9 Å². The molecule has 3 rings (SSSR count). The van der Waals surface area contributed by atoms with Crippen molar-refractivity contribution in [2.75, 3.05) is 31.5 Å². The molecule has 1 aliphatic rings. The first-order valence-electron chi connectivity index (χ1n) is 8.14. The van der Waals surface area contributed by atoms with Gasteiger partial charge in [-0.2, -0.15) is 0 Å². The summed E-state index contributed by atoms with van der Waals surface area (Å²) < 4.78 is 0. The van der Waals surface area contributed by atoms with E-state index in [2.05, 4.69) is 39.5 Å². The first-order chi connectivity index (χ1) is 11.7. The van der Waals surface area contributed by atoms with Crippen LogP contribution in [0.1, 0.15) is 12.0 Å². The number of hydrogen-bond acceptors (Lipinski definition) is 3. The van der Waals surface area contributed by atoms with Crippen LogP contribution in [0.15, 0.2) is 48.7 Å². The van der Waals surface area contributed by atoms with E-state index in [-0.39, 0.29) is 6.03 Å². The third-order valence-electron chi connectivity index (χ3n) is 4.10. The smallest absolute Gasteiger partial charge is 0.321 e. The van der Waals surface area contributed by atoms with E-state index in [1.807, 2.05) is 11.0 Å². The lowest BCUT2D eigenvalue weighted by Gasteiger charge is -2.22. The average Bonchev–Trinajstić information content (AvgIpc) is 2.81. The van der Waals surface area contributed by atoms with Gasteiger partial charge >= 0.3 is 6.03 Å². The highest BCUT2D eigenvalue weighted by molar-refractivity contribution is 6.29. The van der Waals surface area contributed by atoms with E-state index in [1.54, 1.807) is 18.3 Å². The van der Waals surface area contributed by atoms with Gasteiger partial charge in [-0.3, -0.25) is 4.90 Å². The van der Waals surface area contributed by atoms with Crippen molar-refractivity contribution in [2.45, 2.75) is 13.0 Å². The molecule has 1 aromatic carbocycles. The maximum Gasteiger partial charge on any atom is 0.321 e. The van der Waals surface area contributed by atoms with Gasteiger partial charge < -0.3 is 10.2 Å². The Morgan fingerprint density at radius 2 is 1.96 bits per heavy atom. The number of benzene rings is 1. The molecule has 5 nitrogen and oxygen atoms in total. The second-order valence-electron chi connectivity index (χ2n) is 5.90. The average molecular weight is 345 g/mol. The molecule has 1 aromatic heterocycles. The largest absolute Gasteiger partial charge is 0.323 e. The van der Waals surface area contributed by atoms with Crippen LogP contribution in [0.25, 0.3) is 0 Å². The number of carbonyl (C=O) groups is 1. The fourth-order valence-electron chi connectivity index (χ4n) is 2.86. The number of amides is 2. The quantitative estimate of drug-likeness (QED) is 0.867. The van der Waals surface area contributed by atoms with E-state index >= 15 is 0 Å². The number of aromatic nitrogens is 1. The van der Waals surface area contributed by atoms with E-state index in [0.29, 0.717) is 10.8 Å². The highest BCUT2D eigenvalue weighted by Gasteiger charge is 2.19. The van der Waals surface area contributed by atoms with Crippen molar-refractivity contribution >= 4 is 23.3 Å². The van der Waals surface area contributed by atoms with Crippen LogP contribution in [0.3, 0.4) is 0 Å². The van der Waals surface area contributed by atoms with Gasteiger partial charge in [-0.05, 0) is 24.1 Å². The summed E-state index contributed by atoms with van der Waals surface area (Å²) >= 11 is 5.85. The fraction of sp³-hybridized carbons (Fsp3) is 0.333. The summed E-state index contributed by atoms with van der Waals surface area (Å²) in [6.07, 6.45) is 2.55. The number of urea groups is 1. The second kappa shape index (κ2) is 8.13. The molecule has 0 saturated carbocycles. The minimum absolute atomic E-state index is 0.0844. The molecule has 0 bridgehead atoms. The summed E-state index contributed by atoms with van der Waals surface area (Å²) in [6, 6.07) is 13.7. The maximum atomic E-state index is 12.4. The maximum absolute atomic E-state index is 12.4. The molecule has 2 amide bonds. The second-order valence-corrected chi connectivity index (χ2v) is 6.29. The molecule has 0 radical (unpaired) electrons. The van der Waals surface area contributed by atoms with Crippen LogP contribution in [0, 0.1) is 0 Å². The van der Waals surface area contributed by atoms with Crippen LogP contribution in [-0.2, 0) is 6.54 Å². The standard InChI is InChI=1S/C18H21ClN4O/c19-17-13-16(7-8-20-17)21-18(24)23-10-4-9-22(11-12-23)14-15-5-2-1-3-6-15/h1-3,5-8,13H,4,9-12,14H2,(H,20,21,24). The molecule has 0 unspecified atom stereocenters. The zero-order valence-electron chi connectivity index (χ0n) is 13.5. The predicted molar refractivity (Wildman–Crippen MR) is 96.2 cm³/mol. The fourth-order valence-corrected chi connectivity index (χ4v) is 3.03. The van der Waals surface area contributed by atoms with Crippen LogP contribution in [-0.4, -0.2) is 47.0 Å². The van der Waals surface area contributed by atoms with Gasteiger partial charge in [0.25, 0.3) is 0 Å². The molecule has 1 saturated heterocycles. The molecular weight excluding hydrogens is 324 g/mol. The summed E-state index contributed by atoms with van der Waals surface area (Å²) in [5.74, 6) is 0. The third kappa shape index (κ3) is 4.69. The van der Waals surface area contributed by atoms with Crippen molar-refractivity contribution in [3.8, 4) is 0 Å². The van der Waals surface area contributed by atoms with Crippen molar-refractivity contribution in [3.63, 3.8) is 0 Å². The normalized spacial score (nSPS) is 15.8. The minimum atomic E-state index is -0.0844. The van der Waals surface area contributed by atoms with E-state index in [9.17, 15) is 4.79 Å². The molecule has 6 heteroatoms. The van der Waals surface area contributed by atoms with Crippen molar-refractivity contribution in [3.05, 3.63) is 59.4 Å². The number of carbonyl (C=O) groups excluding carboxylic acids is 1. The summed E-state index contributed by atoms with van der Waals surface area (Å²) in [4.78, 5) is 20.6. The lowest BCUT2D eigenvalue weighted by atomic mass is 10.2. The van der Waals surface area contributed by atoms with Gasteiger partial charge in [0, 0.05) is 44.6 Å². The summed E-state index contributed by atoms with van der Waals surface area (Å²) in [5, 5.41) is 3.26. The molecule has 2 heterocycles. The van der Waals surface area contributed by atoms with Crippen molar-refractivity contribution in [2.24, 2.45) is 0 Å². The molecular formula is C18H21ClN4O. The van der Waals surface area contributed by atoms with E-state index in [1.165, 1.54) is 5.56 Å². The number of halogens is 1. The highest BCUT2D eigenvalue weighted by atomic mass is 35.5. The zero-order valence-corrected chi connectivity index (χ0v) is 14.2. The lowest BCUT2D eigenvalue weighted by Crippen LogP contribution is -2.38. The van der Waals surface area contributed by atoms with Gasteiger partial charge in [-0.15, -0.1) is 0 Å². The number of nitrogens with one attached hydrogen (secondary N) is 1. The first-order valence-corrected chi connectivity index (χ1v) is 8.52. The Labute approximate surface area is 147 Å². The molecule has 2 aromatic rings. The SMILES string of the molecule is O=C(Nc1ccnc(Cl)c1)N1CCCN(Cc2ccccc2)CC1. The Kier molecular flexibility index (Phi) is 5.67. The van der Waals surface area contributed by atoms with E-state index in [4.69, 9.17) is 11.6 Å². The minimum Gasteiger partial charge on any atom is -0.323 e. The molecule has 1 N–H and O–H groups in total. The Hall–Kier alpha value is -2.11. The number of rotatable bonds is 3. The van der Waals surface area contributed by atoms with Crippen LogP contribution in [0.5, 0.6) is 0 Å². The Bertz CT molecular complexity index is 680. The Morgan fingerprint density at radius 1 is 1.12 bits per heavy atom. The number of nitrogens with zero attached hydrogens (tertiary/aromatic N) is 3. The topological polar surface area (TPSA) is 48.5 Å². The molecule has 1 fully saturated rings. The molecule has 1 aliphatic heterocycles. The lowest BCUT2D eigenvalue weighted by molar-refractivity contribution is 0.211. The molecule has 24 heavy (non-hydrogen) atoms. The monoisotopic (exact) mass is 344 g/mol. The molecule has 0 spiro atoms. The van der Waals surface area contributed by atoms with Crippen LogP contribution in [0.4, 0.5) is 10.5 Å². The van der Waals surface area contributed by atoms with Crippen LogP contribution < -0.4 is 5.32 Å². The van der Waals surface area contributed by atoms with Crippen molar-refractivity contribution in [1.82, 2.24) is 14.8 Å². The van der Waals surface area contributed by atoms with Gasteiger partial charge in [0.2, 0.25) is 0 Å². The van der Waals surface area contributed by atoms with Crippen LogP contribution in [0.2, 0.25) is 5.15 Å². The number of pyridine rings is 1. The summed E-state index contributed by atoms with van der Waals surface area (Å²) in [7, 11) is 0. The van der Waals surface area contributed by atoms with Gasteiger partial charge in [0.15, 0.2) is 0 Å². The third-order valence-corrected chi connectivity index (χ3v) is 4.31. The van der Waals surface area contributed by atoms with Gasteiger partial charge in [0.05, 0.1) is 0 Å². The van der Waals surface area contributed by atoms with E-state index < -0.39 is 0 Å². The Morgan fingerprint density at radius 3 is 2.75 bits per heavy atom. The predicted octanol–water partition coefficient (Wildman–Crippen LogP) is 3.47. The van der Waals surface area contributed by atoms with E-state index in [0.717, 1.165) is 39.1 Å². The highest BCUT2D eigenvalue weighted by Crippen LogP contribution is 2.14. The molecule has 0 aliphatic carbocycles. The summed E-state index contributed by atoms with van der Waals surface area (Å²) in [5.41, 5.74) is 1.98. The Balaban J connectivity index is 1.54. The number of anilines is 1. The molecule has 0 atom stereocenters. The first kappa shape index (κ1) is 16.7. The van der Waals surface area contributed by atoms with Gasteiger partial charge in [0.1, 0.15) is 5.15 Å². The molecule has 126 valence electrons. The van der Waals surface area contributed by atoms with Crippen LogP contribution >= 0.6 is 11.6 Å².